The molecule has 6 nitrogen and oxygen atoms in total. The highest BCUT2D eigenvalue weighted by atomic mass is 16.3. The van der Waals surface area contributed by atoms with Crippen LogP contribution in [0.5, 0.6) is 0 Å². The van der Waals surface area contributed by atoms with E-state index in [9.17, 15) is 0 Å². The van der Waals surface area contributed by atoms with Crippen molar-refractivity contribution in [2.24, 2.45) is 0 Å². The summed E-state index contributed by atoms with van der Waals surface area (Å²) in [5, 5.41) is 3.20. The summed E-state index contributed by atoms with van der Waals surface area (Å²) in [5.41, 5.74) is 12.3. The van der Waals surface area contributed by atoms with Crippen molar-refractivity contribution < 1.29 is 4.42 Å². The largest absolute Gasteiger partial charge is 0.456 e. The van der Waals surface area contributed by atoms with Crippen molar-refractivity contribution in [1.29, 1.82) is 0 Å². The molecule has 58 heavy (non-hydrogen) atoms. The normalized spacial score (nSPS) is 15.6. The lowest BCUT2D eigenvalue weighted by Crippen LogP contribution is -2.15. The third-order valence-corrected chi connectivity index (χ3v) is 11.3. The van der Waals surface area contributed by atoms with Crippen LogP contribution in [0.3, 0.4) is 0 Å². The first-order valence-corrected chi connectivity index (χ1v) is 19.7. The minimum absolute atomic E-state index is 0.0679. The summed E-state index contributed by atoms with van der Waals surface area (Å²) >= 11 is 0. The van der Waals surface area contributed by atoms with Crippen molar-refractivity contribution in [2.75, 3.05) is 4.90 Å². The fourth-order valence-corrected chi connectivity index (χ4v) is 8.63. The van der Waals surface area contributed by atoms with Crippen LogP contribution in [0, 0.1) is 0 Å². The van der Waals surface area contributed by atoms with Gasteiger partial charge in [0.05, 0.1) is 11.2 Å². The number of para-hydroxylation sites is 3. The zero-order valence-electron chi connectivity index (χ0n) is 31.7. The molecule has 0 spiro atoms. The van der Waals surface area contributed by atoms with E-state index in [2.05, 4.69) is 150 Å². The molecule has 0 saturated heterocycles. The van der Waals surface area contributed by atoms with Crippen LogP contribution in [-0.4, -0.2) is 19.5 Å². The highest BCUT2D eigenvalue weighted by Gasteiger charge is 2.24. The second-order valence-corrected chi connectivity index (χ2v) is 14.8. The number of fused-ring (bicyclic) bond motifs is 7. The third-order valence-electron chi connectivity index (χ3n) is 11.3. The predicted octanol–water partition coefficient (Wildman–Crippen LogP) is 12.9. The van der Waals surface area contributed by atoms with Crippen molar-refractivity contribution in [3.05, 3.63) is 211 Å². The average molecular weight is 748 g/mol. The van der Waals surface area contributed by atoms with E-state index in [0.29, 0.717) is 11.6 Å². The van der Waals surface area contributed by atoms with Crippen molar-refractivity contribution >= 4 is 50.3 Å². The Kier molecular flexibility index (Phi) is 8.07. The highest BCUT2D eigenvalue weighted by Crippen LogP contribution is 2.42. The maximum Gasteiger partial charge on any atom is 0.164 e. The second kappa shape index (κ2) is 13.9. The van der Waals surface area contributed by atoms with Crippen LogP contribution < -0.4 is 4.90 Å². The molecule has 1 unspecified atom stereocenters. The molecular formula is C52H37N5O. The molecule has 6 heteroatoms. The van der Waals surface area contributed by atoms with Crippen molar-refractivity contribution in [3.8, 4) is 28.5 Å². The van der Waals surface area contributed by atoms with Gasteiger partial charge in [0.2, 0.25) is 0 Å². The lowest BCUT2D eigenvalue weighted by atomic mass is 9.99. The third kappa shape index (κ3) is 5.69. The Bertz CT molecular complexity index is 3150. The Morgan fingerprint density at radius 2 is 1.43 bits per heavy atom. The molecule has 0 amide bonds. The van der Waals surface area contributed by atoms with Crippen LogP contribution in [-0.2, 0) is 6.42 Å². The van der Waals surface area contributed by atoms with E-state index in [0.717, 1.165) is 85.7 Å². The summed E-state index contributed by atoms with van der Waals surface area (Å²) < 4.78 is 9.08. The van der Waals surface area contributed by atoms with Crippen LogP contribution in [0.1, 0.15) is 35.0 Å². The summed E-state index contributed by atoms with van der Waals surface area (Å²) in [6, 6.07) is 50.7. The number of hydrogen-bond donors (Lipinski definition) is 0. The number of rotatable bonds is 5. The fourth-order valence-electron chi connectivity index (χ4n) is 8.63. The molecule has 3 aromatic heterocycles. The fraction of sp³-hybridized carbons (Fsp3) is 0.0577. The first-order chi connectivity index (χ1) is 28.7. The molecule has 1 aliphatic heterocycles. The number of nitrogens with zero attached hydrogens (tertiary/aromatic N) is 5. The van der Waals surface area contributed by atoms with Gasteiger partial charge in [0, 0.05) is 68.4 Å². The summed E-state index contributed by atoms with van der Waals surface area (Å²) in [7, 11) is 0. The van der Waals surface area contributed by atoms with Gasteiger partial charge in [-0.25, -0.2) is 15.0 Å². The SMILES string of the molecule is C=C1/C=C\c2c(c3ccccc3n2-c2ccc3c(c2)oc2cccc(-c4nc(-c5ccccc5)nc(C5C=CC=CC5)n4)c23)Cc2ccccc2N1c1ccccc1. The molecule has 0 N–H and O–H groups in total. The maximum atomic E-state index is 6.72. The Labute approximate surface area is 336 Å². The van der Waals surface area contributed by atoms with E-state index in [1.54, 1.807) is 0 Å². The smallest absolute Gasteiger partial charge is 0.164 e. The minimum atomic E-state index is 0.0679. The van der Waals surface area contributed by atoms with E-state index in [-0.39, 0.29) is 5.92 Å². The maximum absolute atomic E-state index is 6.72. The standard InChI is InChI=1S/C52H37N5O/c1-34-28-31-46-43(32-37-20-11-13-25-44(37)56(34)38-21-9-4-10-22-38)40-23-12-14-26-45(40)57(46)39-29-30-41-48(33-39)58-47-27-15-24-42(49(41)47)52-54-50(35-16-5-2-6-17-35)53-51(55-52)36-18-7-3-8-19-36/h2-18,20-31,33,36H,1,19,32H2/b31-28-. The molecule has 0 bridgehead atoms. The molecular weight excluding hydrogens is 711 g/mol. The number of aromatic nitrogens is 4. The molecule has 276 valence electrons. The molecule has 1 atom stereocenters. The molecule has 1 aliphatic carbocycles. The van der Waals surface area contributed by atoms with Gasteiger partial charge in [-0.3, -0.25) is 0 Å². The minimum Gasteiger partial charge on any atom is -0.456 e. The van der Waals surface area contributed by atoms with Crippen LogP contribution in [0.25, 0.3) is 67.4 Å². The van der Waals surface area contributed by atoms with Gasteiger partial charge in [-0.1, -0.05) is 128 Å². The van der Waals surface area contributed by atoms with Gasteiger partial charge in [-0.15, -0.1) is 0 Å². The number of anilines is 2. The zero-order chi connectivity index (χ0) is 38.6. The van der Waals surface area contributed by atoms with E-state index in [1.807, 2.05) is 48.5 Å². The van der Waals surface area contributed by atoms with E-state index in [4.69, 9.17) is 19.4 Å². The van der Waals surface area contributed by atoms with Crippen LogP contribution in [0.2, 0.25) is 0 Å². The predicted molar refractivity (Wildman–Crippen MR) is 236 cm³/mol. The first kappa shape index (κ1) is 33.7. The molecule has 11 rings (SSSR count). The molecule has 2 aliphatic rings. The number of allylic oxidation sites excluding steroid dienone is 5. The lowest BCUT2D eigenvalue weighted by molar-refractivity contribution is 0.668. The van der Waals surface area contributed by atoms with Gasteiger partial charge in [0.1, 0.15) is 17.0 Å². The van der Waals surface area contributed by atoms with Crippen LogP contribution >= 0.6 is 0 Å². The van der Waals surface area contributed by atoms with Gasteiger partial charge in [0.25, 0.3) is 0 Å². The lowest BCUT2D eigenvalue weighted by Gasteiger charge is -2.27. The van der Waals surface area contributed by atoms with Crippen LogP contribution in [0.15, 0.2) is 193 Å². The van der Waals surface area contributed by atoms with Gasteiger partial charge in [-0.05, 0) is 72.2 Å². The number of hydrogen-bond acceptors (Lipinski definition) is 5. The number of furan rings is 1. The van der Waals surface area contributed by atoms with Gasteiger partial charge in [0.15, 0.2) is 11.6 Å². The van der Waals surface area contributed by atoms with Crippen molar-refractivity contribution in [2.45, 2.75) is 18.8 Å². The Hall–Kier alpha value is -7.57. The Balaban J connectivity index is 1.07. The van der Waals surface area contributed by atoms with Crippen molar-refractivity contribution in [1.82, 2.24) is 19.5 Å². The molecule has 0 saturated carbocycles. The average Bonchev–Trinajstić information content (AvgIpc) is 3.83. The highest BCUT2D eigenvalue weighted by molar-refractivity contribution is 6.12. The summed E-state index contributed by atoms with van der Waals surface area (Å²) in [5.74, 6) is 2.12. The van der Waals surface area contributed by atoms with E-state index < -0.39 is 0 Å². The van der Waals surface area contributed by atoms with E-state index >= 15 is 0 Å². The van der Waals surface area contributed by atoms with Gasteiger partial charge < -0.3 is 13.9 Å². The van der Waals surface area contributed by atoms with Gasteiger partial charge >= 0.3 is 0 Å². The summed E-state index contributed by atoms with van der Waals surface area (Å²) in [6.07, 6.45) is 14.4. The monoisotopic (exact) mass is 747 g/mol. The van der Waals surface area contributed by atoms with Crippen molar-refractivity contribution in [3.63, 3.8) is 0 Å². The summed E-state index contributed by atoms with van der Waals surface area (Å²) in [6.45, 7) is 4.59. The molecule has 9 aromatic rings. The van der Waals surface area contributed by atoms with E-state index in [1.165, 1.54) is 16.5 Å². The Morgan fingerprint density at radius 3 is 2.29 bits per heavy atom. The topological polar surface area (TPSA) is 60.0 Å². The zero-order valence-corrected chi connectivity index (χ0v) is 31.7. The first-order valence-electron chi connectivity index (χ1n) is 19.7. The molecule has 0 radical (unpaired) electrons. The molecule has 6 aromatic carbocycles. The number of benzene rings is 6. The van der Waals surface area contributed by atoms with Crippen LogP contribution in [0.4, 0.5) is 11.4 Å². The Morgan fingerprint density at radius 1 is 0.638 bits per heavy atom. The second-order valence-electron chi connectivity index (χ2n) is 14.8. The van der Waals surface area contributed by atoms with Gasteiger partial charge in [-0.2, -0.15) is 0 Å². The molecule has 4 heterocycles. The quantitative estimate of drug-likeness (QED) is 0.175. The molecule has 0 fully saturated rings. The summed E-state index contributed by atoms with van der Waals surface area (Å²) in [4.78, 5) is 17.5.